The molecule has 0 aliphatic carbocycles. The van der Waals surface area contributed by atoms with Crippen LogP contribution in [0.4, 0.5) is 4.79 Å². The summed E-state index contributed by atoms with van der Waals surface area (Å²) in [6.45, 7) is 8.73. The first kappa shape index (κ1) is 17.5. The molecule has 2 aliphatic heterocycles. The minimum absolute atomic E-state index is 0.0604. The van der Waals surface area contributed by atoms with Gasteiger partial charge >= 0.3 is 6.03 Å². The van der Waals surface area contributed by atoms with Gasteiger partial charge in [0.05, 0.1) is 11.7 Å². The van der Waals surface area contributed by atoms with Crippen molar-refractivity contribution in [2.75, 3.05) is 26.8 Å². The van der Waals surface area contributed by atoms with E-state index in [1.807, 2.05) is 25.7 Å². The second-order valence-corrected chi connectivity index (χ2v) is 7.39. The first-order valence-electron chi connectivity index (χ1n) is 8.63. The zero-order valence-corrected chi connectivity index (χ0v) is 14.6. The molecular weight excluding hydrogens is 280 g/mol. The van der Waals surface area contributed by atoms with E-state index in [2.05, 4.69) is 5.32 Å². The van der Waals surface area contributed by atoms with Crippen molar-refractivity contribution >= 4 is 6.03 Å². The maximum Gasteiger partial charge on any atom is 0.317 e. The van der Waals surface area contributed by atoms with Crippen LogP contribution in [0.15, 0.2) is 0 Å². The summed E-state index contributed by atoms with van der Waals surface area (Å²) in [4.78, 5) is 14.3. The Bertz CT molecular complexity index is 359. The standard InChI is InChI=1S/C17H32N2O3/c1-13(12-17(2,3)21-4)18-16(20)19-9-7-14(8-10-19)15-6-5-11-22-15/h13-15H,5-12H2,1-4H3,(H,18,20)/t13-,15+/m1/s1. The van der Waals surface area contributed by atoms with E-state index in [4.69, 9.17) is 9.47 Å². The molecule has 128 valence electrons. The van der Waals surface area contributed by atoms with Crippen LogP contribution in [-0.2, 0) is 9.47 Å². The molecule has 22 heavy (non-hydrogen) atoms. The number of likely N-dealkylation sites (tertiary alicyclic amines) is 1. The monoisotopic (exact) mass is 312 g/mol. The molecular formula is C17H32N2O3. The fraction of sp³-hybridized carbons (Fsp3) is 0.941. The molecule has 2 saturated heterocycles. The van der Waals surface area contributed by atoms with Gasteiger partial charge in [0.25, 0.3) is 0 Å². The maximum absolute atomic E-state index is 12.4. The molecule has 2 atom stereocenters. The Morgan fingerprint density at radius 3 is 2.59 bits per heavy atom. The van der Waals surface area contributed by atoms with Crippen LogP contribution in [-0.4, -0.2) is 55.5 Å². The van der Waals surface area contributed by atoms with Crippen LogP contribution in [0.1, 0.15) is 52.9 Å². The number of carbonyl (C=O) groups is 1. The summed E-state index contributed by atoms with van der Waals surface area (Å²) < 4.78 is 11.2. The quantitative estimate of drug-likeness (QED) is 0.849. The van der Waals surface area contributed by atoms with Gasteiger partial charge in [0, 0.05) is 32.8 Å². The Morgan fingerprint density at radius 2 is 2.05 bits per heavy atom. The van der Waals surface area contributed by atoms with E-state index >= 15 is 0 Å². The van der Waals surface area contributed by atoms with Crippen LogP contribution in [0, 0.1) is 5.92 Å². The molecule has 0 spiro atoms. The topological polar surface area (TPSA) is 50.8 Å². The lowest BCUT2D eigenvalue weighted by atomic mass is 9.90. The highest BCUT2D eigenvalue weighted by atomic mass is 16.5. The molecule has 0 saturated carbocycles. The SMILES string of the molecule is COC(C)(C)C[C@@H](C)NC(=O)N1CCC([C@@H]2CCCO2)CC1. The molecule has 5 nitrogen and oxygen atoms in total. The second-order valence-electron chi connectivity index (χ2n) is 7.39. The molecule has 2 aliphatic rings. The number of carbonyl (C=O) groups excluding carboxylic acids is 1. The lowest BCUT2D eigenvalue weighted by Crippen LogP contribution is -2.49. The van der Waals surface area contributed by atoms with Crippen molar-refractivity contribution in [2.24, 2.45) is 5.92 Å². The Morgan fingerprint density at radius 1 is 1.36 bits per heavy atom. The van der Waals surface area contributed by atoms with Gasteiger partial charge in [-0.05, 0) is 58.8 Å². The molecule has 2 rings (SSSR count). The number of hydrogen-bond donors (Lipinski definition) is 1. The zero-order chi connectivity index (χ0) is 16.2. The van der Waals surface area contributed by atoms with Gasteiger partial charge in [0.15, 0.2) is 0 Å². The molecule has 0 radical (unpaired) electrons. The number of methoxy groups -OCH3 is 1. The van der Waals surface area contributed by atoms with Crippen molar-refractivity contribution < 1.29 is 14.3 Å². The Kier molecular flexibility index (Phi) is 6.09. The van der Waals surface area contributed by atoms with E-state index < -0.39 is 0 Å². The molecule has 2 heterocycles. The van der Waals surface area contributed by atoms with Gasteiger partial charge in [-0.15, -0.1) is 0 Å². The minimum atomic E-state index is -0.209. The molecule has 0 aromatic carbocycles. The summed E-state index contributed by atoms with van der Waals surface area (Å²) in [5, 5.41) is 3.10. The van der Waals surface area contributed by atoms with Crippen LogP contribution < -0.4 is 5.32 Å². The van der Waals surface area contributed by atoms with Crippen molar-refractivity contribution in [3.8, 4) is 0 Å². The molecule has 2 amide bonds. The van der Waals surface area contributed by atoms with Crippen molar-refractivity contribution in [3.05, 3.63) is 0 Å². The number of piperidine rings is 1. The number of nitrogens with zero attached hydrogens (tertiary/aromatic N) is 1. The number of amides is 2. The van der Waals surface area contributed by atoms with Crippen LogP contribution in [0.2, 0.25) is 0 Å². The smallest absolute Gasteiger partial charge is 0.317 e. The second kappa shape index (κ2) is 7.64. The summed E-state index contributed by atoms with van der Waals surface area (Å²) in [6, 6.07) is 0.170. The zero-order valence-electron chi connectivity index (χ0n) is 14.6. The summed E-state index contributed by atoms with van der Waals surface area (Å²) >= 11 is 0. The maximum atomic E-state index is 12.4. The van der Waals surface area contributed by atoms with Crippen LogP contribution >= 0.6 is 0 Å². The molecule has 5 heteroatoms. The molecule has 2 fully saturated rings. The number of rotatable bonds is 5. The number of ether oxygens (including phenoxy) is 2. The third-order valence-electron chi connectivity index (χ3n) is 5.04. The predicted octanol–water partition coefficient (Wildman–Crippen LogP) is 2.79. The average Bonchev–Trinajstić information content (AvgIpc) is 3.01. The van der Waals surface area contributed by atoms with Crippen LogP contribution in [0.3, 0.4) is 0 Å². The third-order valence-corrected chi connectivity index (χ3v) is 5.04. The summed E-state index contributed by atoms with van der Waals surface area (Å²) in [6.07, 6.45) is 5.76. The molecule has 0 aromatic rings. The molecule has 1 N–H and O–H groups in total. The van der Waals surface area contributed by atoms with Crippen molar-refractivity contribution in [1.82, 2.24) is 10.2 Å². The molecule has 0 bridgehead atoms. The van der Waals surface area contributed by atoms with E-state index in [1.165, 1.54) is 12.8 Å². The number of urea groups is 1. The lowest BCUT2D eigenvalue weighted by Gasteiger charge is -2.35. The summed E-state index contributed by atoms with van der Waals surface area (Å²) in [5.41, 5.74) is -0.209. The van der Waals surface area contributed by atoms with E-state index in [0.717, 1.165) is 39.0 Å². The van der Waals surface area contributed by atoms with Crippen LogP contribution in [0.5, 0.6) is 0 Å². The summed E-state index contributed by atoms with van der Waals surface area (Å²) in [5.74, 6) is 0.636. The Balaban J connectivity index is 1.72. The van der Waals surface area contributed by atoms with Gasteiger partial charge in [0.1, 0.15) is 0 Å². The average molecular weight is 312 g/mol. The molecule has 0 unspecified atom stereocenters. The Hall–Kier alpha value is -0.810. The highest BCUT2D eigenvalue weighted by Gasteiger charge is 2.31. The fourth-order valence-electron chi connectivity index (χ4n) is 3.62. The van der Waals surface area contributed by atoms with Gasteiger partial charge in [-0.3, -0.25) is 0 Å². The van der Waals surface area contributed by atoms with Gasteiger partial charge in [-0.1, -0.05) is 0 Å². The minimum Gasteiger partial charge on any atom is -0.379 e. The van der Waals surface area contributed by atoms with Gasteiger partial charge in [-0.2, -0.15) is 0 Å². The van der Waals surface area contributed by atoms with E-state index in [0.29, 0.717) is 12.0 Å². The van der Waals surface area contributed by atoms with E-state index in [-0.39, 0.29) is 17.7 Å². The largest absolute Gasteiger partial charge is 0.379 e. The number of hydrogen-bond acceptors (Lipinski definition) is 3. The normalized spacial score (nSPS) is 25.3. The van der Waals surface area contributed by atoms with Gasteiger partial charge in [0.2, 0.25) is 0 Å². The predicted molar refractivity (Wildman–Crippen MR) is 87.0 cm³/mol. The first-order chi connectivity index (χ1) is 10.4. The van der Waals surface area contributed by atoms with Crippen LogP contribution in [0.25, 0.3) is 0 Å². The van der Waals surface area contributed by atoms with E-state index in [1.54, 1.807) is 7.11 Å². The van der Waals surface area contributed by atoms with E-state index in [9.17, 15) is 4.79 Å². The van der Waals surface area contributed by atoms with Crippen molar-refractivity contribution in [2.45, 2.75) is 70.6 Å². The van der Waals surface area contributed by atoms with Gasteiger partial charge in [-0.25, -0.2) is 4.79 Å². The highest BCUT2D eigenvalue weighted by Crippen LogP contribution is 2.28. The molecule has 0 aromatic heterocycles. The third kappa shape index (κ3) is 4.85. The van der Waals surface area contributed by atoms with Crippen molar-refractivity contribution in [3.63, 3.8) is 0 Å². The van der Waals surface area contributed by atoms with Crippen molar-refractivity contribution in [1.29, 1.82) is 0 Å². The Labute approximate surface area is 134 Å². The van der Waals surface area contributed by atoms with Gasteiger partial charge < -0.3 is 19.7 Å². The highest BCUT2D eigenvalue weighted by molar-refractivity contribution is 5.74. The lowest BCUT2D eigenvalue weighted by molar-refractivity contribution is 0.00861. The number of nitrogens with one attached hydrogen (secondary N) is 1. The summed E-state index contributed by atoms with van der Waals surface area (Å²) in [7, 11) is 1.71. The fourth-order valence-corrected chi connectivity index (χ4v) is 3.62. The first-order valence-corrected chi connectivity index (χ1v) is 8.63.